The van der Waals surface area contributed by atoms with Crippen LogP contribution < -0.4 is 5.32 Å². The number of carboxylic acids is 1. The van der Waals surface area contributed by atoms with Gasteiger partial charge in [-0.2, -0.15) is 0 Å². The van der Waals surface area contributed by atoms with Crippen LogP contribution in [0.1, 0.15) is 46.0 Å². The Kier molecular flexibility index (Phi) is 5.22. The lowest BCUT2D eigenvalue weighted by atomic mass is 9.99. The van der Waals surface area contributed by atoms with Crippen molar-refractivity contribution in [1.82, 2.24) is 5.32 Å². The van der Waals surface area contributed by atoms with E-state index in [2.05, 4.69) is 5.32 Å². The van der Waals surface area contributed by atoms with Gasteiger partial charge < -0.3 is 15.5 Å². The summed E-state index contributed by atoms with van der Waals surface area (Å²) in [5, 5.41) is 22.1. The maximum Gasteiger partial charge on any atom is 0.307 e. The molecule has 0 heterocycles. The van der Waals surface area contributed by atoms with Gasteiger partial charge in [0.05, 0.1) is 12.0 Å². The van der Waals surface area contributed by atoms with E-state index in [0.29, 0.717) is 0 Å². The normalized spacial score (nSPS) is 30.4. The number of aliphatic hydroxyl groups excluding tert-OH is 1. The molecule has 0 aliphatic heterocycles. The standard InChI is InChI=1S/C12H23NO3/c1-8(12(15)16)9(2)13-10-6-4-3-5-7-11(10)14/h8-11,13-14H,3-7H2,1-2H3,(H,15,16). The Morgan fingerprint density at radius 2 is 1.88 bits per heavy atom. The van der Waals surface area contributed by atoms with Gasteiger partial charge in [-0.3, -0.25) is 4.79 Å². The lowest BCUT2D eigenvalue weighted by Gasteiger charge is -2.27. The van der Waals surface area contributed by atoms with Crippen LogP contribution in [0.3, 0.4) is 0 Å². The van der Waals surface area contributed by atoms with E-state index in [4.69, 9.17) is 5.11 Å². The van der Waals surface area contributed by atoms with E-state index in [0.717, 1.165) is 32.1 Å². The average Bonchev–Trinajstić information content (AvgIpc) is 2.43. The van der Waals surface area contributed by atoms with Crippen molar-refractivity contribution in [3.8, 4) is 0 Å². The van der Waals surface area contributed by atoms with E-state index < -0.39 is 11.9 Å². The molecule has 0 bridgehead atoms. The van der Waals surface area contributed by atoms with Crippen molar-refractivity contribution in [2.45, 2.75) is 64.1 Å². The highest BCUT2D eigenvalue weighted by Crippen LogP contribution is 2.19. The third kappa shape index (κ3) is 3.76. The van der Waals surface area contributed by atoms with Crippen molar-refractivity contribution in [3.05, 3.63) is 0 Å². The van der Waals surface area contributed by atoms with Crippen molar-refractivity contribution in [2.75, 3.05) is 0 Å². The van der Waals surface area contributed by atoms with E-state index in [9.17, 15) is 9.90 Å². The van der Waals surface area contributed by atoms with E-state index in [1.807, 2.05) is 6.92 Å². The van der Waals surface area contributed by atoms with Gasteiger partial charge in [-0.25, -0.2) is 0 Å². The number of hydrogen-bond acceptors (Lipinski definition) is 3. The zero-order valence-electron chi connectivity index (χ0n) is 10.1. The van der Waals surface area contributed by atoms with Crippen molar-refractivity contribution in [1.29, 1.82) is 0 Å². The number of hydrogen-bond donors (Lipinski definition) is 3. The molecule has 1 saturated carbocycles. The second kappa shape index (κ2) is 6.21. The van der Waals surface area contributed by atoms with Gasteiger partial charge >= 0.3 is 5.97 Å². The van der Waals surface area contributed by atoms with Crippen LogP contribution in [-0.4, -0.2) is 34.4 Å². The van der Waals surface area contributed by atoms with Crippen LogP contribution in [0.4, 0.5) is 0 Å². The largest absolute Gasteiger partial charge is 0.481 e. The van der Waals surface area contributed by atoms with Gasteiger partial charge in [0.1, 0.15) is 0 Å². The minimum absolute atomic E-state index is 0.0549. The Morgan fingerprint density at radius 3 is 2.50 bits per heavy atom. The molecule has 4 atom stereocenters. The summed E-state index contributed by atoms with van der Waals surface area (Å²) in [5.41, 5.74) is 0. The summed E-state index contributed by atoms with van der Waals surface area (Å²) in [4.78, 5) is 10.8. The molecule has 0 aromatic heterocycles. The number of rotatable bonds is 4. The highest BCUT2D eigenvalue weighted by Gasteiger charge is 2.26. The minimum Gasteiger partial charge on any atom is -0.481 e. The predicted octanol–water partition coefficient (Wildman–Crippen LogP) is 1.38. The SMILES string of the molecule is CC(NC1CCCCCC1O)C(C)C(=O)O. The summed E-state index contributed by atoms with van der Waals surface area (Å²) in [7, 11) is 0. The molecule has 4 heteroatoms. The van der Waals surface area contributed by atoms with E-state index in [1.54, 1.807) is 6.92 Å². The third-order valence-electron chi connectivity index (χ3n) is 3.60. The molecular formula is C12H23NO3. The smallest absolute Gasteiger partial charge is 0.307 e. The molecule has 94 valence electrons. The number of carbonyl (C=O) groups is 1. The molecule has 1 aliphatic rings. The van der Waals surface area contributed by atoms with Crippen LogP contribution in [0.5, 0.6) is 0 Å². The molecule has 0 saturated heterocycles. The predicted molar refractivity (Wildman–Crippen MR) is 62.3 cm³/mol. The molecule has 0 aromatic rings. The van der Waals surface area contributed by atoms with Gasteiger partial charge in [0.15, 0.2) is 0 Å². The highest BCUT2D eigenvalue weighted by atomic mass is 16.4. The minimum atomic E-state index is -0.789. The molecule has 1 rings (SSSR count). The Hall–Kier alpha value is -0.610. The van der Waals surface area contributed by atoms with E-state index in [-0.39, 0.29) is 18.2 Å². The molecular weight excluding hydrogens is 206 g/mol. The van der Waals surface area contributed by atoms with Crippen LogP contribution in [0, 0.1) is 5.92 Å². The molecule has 1 aliphatic carbocycles. The lowest BCUT2D eigenvalue weighted by Crippen LogP contribution is -2.47. The summed E-state index contributed by atoms with van der Waals surface area (Å²) in [6.45, 7) is 3.57. The number of nitrogens with one attached hydrogen (secondary N) is 1. The number of carboxylic acid groups (broad SMARTS) is 1. The summed E-state index contributed by atoms with van der Waals surface area (Å²) < 4.78 is 0. The fourth-order valence-corrected chi connectivity index (χ4v) is 2.18. The average molecular weight is 229 g/mol. The molecule has 16 heavy (non-hydrogen) atoms. The third-order valence-corrected chi connectivity index (χ3v) is 3.60. The molecule has 4 nitrogen and oxygen atoms in total. The first-order valence-electron chi connectivity index (χ1n) is 6.19. The quantitative estimate of drug-likeness (QED) is 0.637. The lowest BCUT2D eigenvalue weighted by molar-refractivity contribution is -0.142. The second-order valence-corrected chi connectivity index (χ2v) is 4.89. The Morgan fingerprint density at radius 1 is 1.25 bits per heavy atom. The van der Waals surface area contributed by atoms with Crippen LogP contribution in [0.15, 0.2) is 0 Å². The van der Waals surface area contributed by atoms with Gasteiger partial charge in [-0.05, 0) is 19.8 Å². The molecule has 4 unspecified atom stereocenters. The first kappa shape index (κ1) is 13.5. The van der Waals surface area contributed by atoms with Gasteiger partial charge in [0, 0.05) is 12.1 Å². The first-order chi connectivity index (χ1) is 7.52. The first-order valence-corrected chi connectivity index (χ1v) is 6.19. The summed E-state index contributed by atoms with van der Waals surface area (Å²) in [6, 6.07) is -0.0467. The van der Waals surface area contributed by atoms with Crippen LogP contribution in [-0.2, 0) is 4.79 Å². The van der Waals surface area contributed by atoms with Crippen molar-refractivity contribution in [3.63, 3.8) is 0 Å². The Balaban J connectivity index is 2.47. The monoisotopic (exact) mass is 229 g/mol. The molecule has 3 N–H and O–H groups in total. The number of aliphatic hydroxyl groups is 1. The maximum absolute atomic E-state index is 10.8. The molecule has 1 fully saturated rings. The highest BCUT2D eigenvalue weighted by molar-refractivity contribution is 5.70. The van der Waals surface area contributed by atoms with Gasteiger partial charge in [-0.1, -0.05) is 26.2 Å². The topological polar surface area (TPSA) is 69.6 Å². The fourth-order valence-electron chi connectivity index (χ4n) is 2.18. The summed E-state index contributed by atoms with van der Waals surface area (Å²) in [5.74, 6) is -1.21. The zero-order chi connectivity index (χ0) is 12.1. The Labute approximate surface area is 97.0 Å². The van der Waals surface area contributed by atoms with Crippen LogP contribution in [0.25, 0.3) is 0 Å². The van der Waals surface area contributed by atoms with Crippen LogP contribution >= 0.6 is 0 Å². The zero-order valence-corrected chi connectivity index (χ0v) is 10.1. The van der Waals surface area contributed by atoms with E-state index in [1.165, 1.54) is 0 Å². The van der Waals surface area contributed by atoms with Crippen LogP contribution in [0.2, 0.25) is 0 Å². The number of aliphatic carboxylic acids is 1. The molecule has 0 aromatic carbocycles. The van der Waals surface area contributed by atoms with Gasteiger partial charge in [0.25, 0.3) is 0 Å². The summed E-state index contributed by atoms with van der Waals surface area (Å²) in [6.07, 6.45) is 4.79. The van der Waals surface area contributed by atoms with Gasteiger partial charge in [0.2, 0.25) is 0 Å². The van der Waals surface area contributed by atoms with Gasteiger partial charge in [-0.15, -0.1) is 0 Å². The Bertz CT molecular complexity index is 232. The van der Waals surface area contributed by atoms with Crippen molar-refractivity contribution in [2.24, 2.45) is 5.92 Å². The maximum atomic E-state index is 10.8. The van der Waals surface area contributed by atoms with Crippen molar-refractivity contribution >= 4 is 5.97 Å². The fraction of sp³-hybridized carbons (Fsp3) is 0.917. The second-order valence-electron chi connectivity index (χ2n) is 4.89. The molecule has 0 amide bonds. The van der Waals surface area contributed by atoms with E-state index >= 15 is 0 Å². The summed E-state index contributed by atoms with van der Waals surface area (Å²) >= 11 is 0. The van der Waals surface area contributed by atoms with Crippen molar-refractivity contribution < 1.29 is 15.0 Å². The molecule has 0 spiro atoms. The molecule has 0 radical (unpaired) electrons.